The van der Waals surface area contributed by atoms with Gasteiger partial charge in [0.1, 0.15) is 11.6 Å². The molecule has 0 unspecified atom stereocenters. The molecule has 0 atom stereocenters. The molecular formula is C21H25FN4O. The second-order valence-corrected chi connectivity index (χ2v) is 7.19. The summed E-state index contributed by atoms with van der Waals surface area (Å²) in [5.41, 5.74) is 1.54. The maximum absolute atomic E-state index is 14.0. The summed E-state index contributed by atoms with van der Waals surface area (Å²) in [4.78, 5) is 8.84. The minimum atomic E-state index is -0.295. The van der Waals surface area contributed by atoms with E-state index >= 15 is 0 Å². The Morgan fingerprint density at radius 2 is 1.78 bits per heavy atom. The molecule has 4 rings (SSSR count). The van der Waals surface area contributed by atoms with Crippen molar-refractivity contribution in [1.82, 2.24) is 14.7 Å². The highest BCUT2D eigenvalue weighted by atomic mass is 19.1. The Bertz CT molecular complexity index is 848. The zero-order valence-corrected chi connectivity index (χ0v) is 15.9. The number of fused-ring (bicyclic) bond motifs is 2. The Morgan fingerprint density at radius 1 is 1.07 bits per heavy atom. The fraction of sp³-hybridized carbons (Fsp3) is 0.333. The quantitative estimate of drug-likeness (QED) is 0.819. The van der Waals surface area contributed by atoms with Crippen LogP contribution in [0.2, 0.25) is 0 Å². The number of piperazine rings is 1. The highest BCUT2D eigenvalue weighted by Crippen LogP contribution is 2.48. The van der Waals surface area contributed by atoms with Crippen LogP contribution in [0, 0.1) is 5.82 Å². The molecule has 0 aromatic heterocycles. The van der Waals surface area contributed by atoms with Gasteiger partial charge in [-0.2, -0.15) is 0 Å². The van der Waals surface area contributed by atoms with Gasteiger partial charge in [-0.15, -0.1) is 0 Å². The number of benzene rings is 2. The summed E-state index contributed by atoms with van der Waals surface area (Å²) in [6, 6.07) is 12.4. The molecule has 2 heterocycles. The minimum absolute atomic E-state index is 0.295. The van der Waals surface area contributed by atoms with Gasteiger partial charge in [0, 0.05) is 39.3 Å². The predicted octanol–water partition coefficient (Wildman–Crippen LogP) is 3.68. The van der Waals surface area contributed by atoms with E-state index in [0.29, 0.717) is 11.4 Å². The summed E-state index contributed by atoms with van der Waals surface area (Å²) in [7, 11) is 4.17. The van der Waals surface area contributed by atoms with Crippen molar-refractivity contribution < 1.29 is 9.13 Å². The Balaban J connectivity index is 1.62. The first-order chi connectivity index (χ1) is 13.0. The molecule has 2 aliphatic rings. The van der Waals surface area contributed by atoms with Gasteiger partial charge in [0.15, 0.2) is 11.5 Å². The summed E-state index contributed by atoms with van der Waals surface area (Å²) in [6.45, 7) is 9.28. The maximum atomic E-state index is 14.0. The third-order valence-electron chi connectivity index (χ3n) is 5.19. The lowest BCUT2D eigenvalue weighted by Gasteiger charge is -2.40. The Morgan fingerprint density at radius 3 is 2.56 bits per heavy atom. The Kier molecular flexibility index (Phi) is 4.76. The third kappa shape index (κ3) is 3.50. The van der Waals surface area contributed by atoms with Crippen LogP contribution in [-0.4, -0.2) is 61.6 Å². The third-order valence-corrected chi connectivity index (χ3v) is 5.19. The number of likely N-dealkylation sites (N-methyl/N-ethyl adjacent to an activating group) is 1. The van der Waals surface area contributed by atoms with Crippen LogP contribution in [0.25, 0.3) is 0 Å². The van der Waals surface area contributed by atoms with Gasteiger partial charge in [0.05, 0.1) is 18.0 Å². The van der Waals surface area contributed by atoms with Crippen molar-refractivity contribution in [1.29, 1.82) is 0 Å². The highest BCUT2D eigenvalue weighted by Gasteiger charge is 2.28. The molecule has 1 saturated heterocycles. The van der Waals surface area contributed by atoms with E-state index in [0.717, 1.165) is 50.1 Å². The fourth-order valence-electron chi connectivity index (χ4n) is 3.55. The number of rotatable bonds is 4. The zero-order chi connectivity index (χ0) is 19.0. The van der Waals surface area contributed by atoms with E-state index in [1.54, 1.807) is 6.07 Å². The average Bonchev–Trinajstić information content (AvgIpc) is 2.67. The highest BCUT2D eigenvalue weighted by molar-refractivity contribution is 5.80. The normalized spacial score (nSPS) is 17.1. The van der Waals surface area contributed by atoms with Gasteiger partial charge in [-0.25, -0.2) is 4.39 Å². The molecule has 0 amide bonds. The molecule has 6 heteroatoms. The lowest BCUT2D eigenvalue weighted by atomic mass is 10.1. The summed E-state index contributed by atoms with van der Waals surface area (Å²) in [5.74, 6) is 1.86. The number of para-hydroxylation sites is 2. The Labute approximate surface area is 159 Å². The molecule has 0 spiro atoms. The molecule has 0 bridgehead atoms. The van der Waals surface area contributed by atoms with E-state index in [2.05, 4.69) is 28.3 Å². The molecule has 2 aliphatic heterocycles. The molecule has 0 saturated carbocycles. The van der Waals surface area contributed by atoms with E-state index in [1.807, 2.05) is 36.2 Å². The van der Waals surface area contributed by atoms with Crippen LogP contribution in [0.5, 0.6) is 11.5 Å². The molecule has 0 radical (unpaired) electrons. The van der Waals surface area contributed by atoms with Gasteiger partial charge in [0.2, 0.25) is 0 Å². The topological polar surface area (TPSA) is 22.2 Å². The average molecular weight is 368 g/mol. The number of hydrogen-bond donors (Lipinski definition) is 0. The van der Waals surface area contributed by atoms with Gasteiger partial charge < -0.3 is 14.5 Å². The second kappa shape index (κ2) is 7.21. The zero-order valence-electron chi connectivity index (χ0n) is 15.9. The number of ether oxygens (including phenoxy) is 1. The Hall–Kier alpha value is -2.57. The maximum Gasteiger partial charge on any atom is 0.151 e. The van der Waals surface area contributed by atoms with Crippen LogP contribution in [0.15, 0.2) is 54.9 Å². The SMILES string of the molecule is C=C(N(C)CN1CCN(C)CC1)N1c2ccccc2Oc2ccc(F)cc21. The summed E-state index contributed by atoms with van der Waals surface area (Å²) in [5, 5.41) is 0. The smallest absolute Gasteiger partial charge is 0.151 e. The molecule has 1 fully saturated rings. The largest absolute Gasteiger partial charge is 0.453 e. The monoisotopic (exact) mass is 368 g/mol. The van der Waals surface area contributed by atoms with Gasteiger partial charge in [-0.1, -0.05) is 18.7 Å². The second-order valence-electron chi connectivity index (χ2n) is 7.19. The van der Waals surface area contributed by atoms with Crippen LogP contribution < -0.4 is 9.64 Å². The molecule has 27 heavy (non-hydrogen) atoms. The van der Waals surface area contributed by atoms with Crippen molar-refractivity contribution in [2.45, 2.75) is 0 Å². The molecule has 0 aliphatic carbocycles. The molecule has 2 aromatic rings. The first kappa shape index (κ1) is 17.8. The number of nitrogens with zero attached hydrogens (tertiary/aromatic N) is 4. The van der Waals surface area contributed by atoms with Crippen molar-refractivity contribution in [3.63, 3.8) is 0 Å². The molecular weight excluding hydrogens is 343 g/mol. The van der Waals surface area contributed by atoms with Crippen molar-refractivity contribution in [3.8, 4) is 11.5 Å². The first-order valence-corrected chi connectivity index (χ1v) is 9.20. The fourth-order valence-corrected chi connectivity index (χ4v) is 3.55. The lowest BCUT2D eigenvalue weighted by molar-refractivity contribution is 0.110. The summed E-state index contributed by atoms with van der Waals surface area (Å²) in [6.07, 6.45) is 0. The van der Waals surface area contributed by atoms with E-state index in [9.17, 15) is 4.39 Å². The van der Waals surface area contributed by atoms with E-state index in [1.165, 1.54) is 12.1 Å². The van der Waals surface area contributed by atoms with E-state index in [-0.39, 0.29) is 5.82 Å². The van der Waals surface area contributed by atoms with Crippen LogP contribution in [0.4, 0.5) is 15.8 Å². The lowest BCUT2D eigenvalue weighted by Crippen LogP contribution is -2.48. The van der Waals surface area contributed by atoms with Gasteiger partial charge in [0.25, 0.3) is 0 Å². The van der Waals surface area contributed by atoms with Crippen molar-refractivity contribution in [2.75, 3.05) is 51.8 Å². The van der Waals surface area contributed by atoms with Crippen LogP contribution in [0.1, 0.15) is 0 Å². The first-order valence-electron chi connectivity index (χ1n) is 9.20. The van der Waals surface area contributed by atoms with Crippen LogP contribution in [-0.2, 0) is 0 Å². The number of anilines is 2. The summed E-state index contributed by atoms with van der Waals surface area (Å²) < 4.78 is 19.9. The number of halogens is 1. The van der Waals surface area contributed by atoms with Gasteiger partial charge in [-0.05, 0) is 31.3 Å². The molecule has 142 valence electrons. The number of hydrogen-bond acceptors (Lipinski definition) is 5. The minimum Gasteiger partial charge on any atom is -0.453 e. The molecule has 2 aromatic carbocycles. The van der Waals surface area contributed by atoms with Crippen molar-refractivity contribution >= 4 is 11.4 Å². The standard InChI is InChI=1S/C21H25FN4O/c1-16(24(3)15-25-12-10-23(2)11-13-25)26-18-6-4-5-7-20(18)27-21-9-8-17(22)14-19(21)26/h4-9,14H,1,10-13,15H2,2-3H3. The predicted molar refractivity (Wildman–Crippen MR) is 106 cm³/mol. The van der Waals surface area contributed by atoms with Crippen molar-refractivity contribution in [3.05, 3.63) is 60.7 Å². The van der Waals surface area contributed by atoms with Gasteiger partial charge >= 0.3 is 0 Å². The van der Waals surface area contributed by atoms with Crippen LogP contribution in [0.3, 0.4) is 0 Å². The van der Waals surface area contributed by atoms with E-state index < -0.39 is 0 Å². The molecule has 5 nitrogen and oxygen atoms in total. The molecule has 0 N–H and O–H groups in total. The van der Waals surface area contributed by atoms with Crippen molar-refractivity contribution in [2.24, 2.45) is 0 Å². The van der Waals surface area contributed by atoms with E-state index in [4.69, 9.17) is 4.74 Å². The summed E-state index contributed by atoms with van der Waals surface area (Å²) >= 11 is 0. The van der Waals surface area contributed by atoms with Crippen LogP contribution >= 0.6 is 0 Å². The van der Waals surface area contributed by atoms with Gasteiger partial charge in [-0.3, -0.25) is 9.80 Å².